The summed E-state index contributed by atoms with van der Waals surface area (Å²) in [6, 6.07) is 0. The highest BCUT2D eigenvalue weighted by atomic mass is 16.6. The summed E-state index contributed by atoms with van der Waals surface area (Å²) in [5.41, 5.74) is -0.824. The van der Waals surface area contributed by atoms with E-state index < -0.39 is 5.60 Å². The van der Waals surface area contributed by atoms with Gasteiger partial charge in [-0.2, -0.15) is 0 Å². The molecule has 3 unspecified atom stereocenters. The van der Waals surface area contributed by atoms with Gasteiger partial charge in [-0.1, -0.05) is 0 Å². The molecule has 0 aromatic carbocycles. The fourth-order valence-electron chi connectivity index (χ4n) is 2.34. The molecule has 0 aromatic heterocycles. The minimum Gasteiger partial charge on any atom is -0.393 e. The van der Waals surface area contributed by atoms with Crippen LogP contribution in [0.5, 0.6) is 0 Å². The number of hydrogen-bond acceptors (Lipinski definition) is 3. The maximum Gasteiger partial charge on any atom is 0.0920 e. The summed E-state index contributed by atoms with van der Waals surface area (Å²) in [4.78, 5) is 0. The molecule has 4 atom stereocenters. The molecule has 0 spiro atoms. The topological polar surface area (TPSA) is 53.0 Å². The number of rotatable bonds is 2. The third-order valence-electron chi connectivity index (χ3n) is 3.72. The Labute approximate surface area is 78.7 Å². The second kappa shape index (κ2) is 2.69. The van der Waals surface area contributed by atoms with Crippen LogP contribution < -0.4 is 0 Å². The third kappa shape index (κ3) is 1.49. The van der Waals surface area contributed by atoms with Gasteiger partial charge in [0.15, 0.2) is 0 Å². The van der Waals surface area contributed by atoms with E-state index in [1.165, 1.54) is 0 Å². The van der Waals surface area contributed by atoms with Crippen LogP contribution in [0.25, 0.3) is 0 Å². The summed E-state index contributed by atoms with van der Waals surface area (Å²) in [5.74, 6) is 0.193. The molecule has 2 aliphatic rings. The van der Waals surface area contributed by atoms with Crippen LogP contribution in [0.4, 0.5) is 0 Å². The van der Waals surface area contributed by atoms with Crippen molar-refractivity contribution in [1.29, 1.82) is 0 Å². The first-order chi connectivity index (χ1) is 5.98. The largest absolute Gasteiger partial charge is 0.393 e. The summed E-state index contributed by atoms with van der Waals surface area (Å²) in [6.45, 7) is 3.69. The molecule has 1 saturated heterocycles. The van der Waals surface area contributed by atoms with Gasteiger partial charge in [0.2, 0.25) is 0 Å². The summed E-state index contributed by atoms with van der Waals surface area (Å²) < 4.78 is 5.54. The third-order valence-corrected chi connectivity index (χ3v) is 3.72. The summed E-state index contributed by atoms with van der Waals surface area (Å²) in [6.07, 6.45) is 3.19. The smallest absolute Gasteiger partial charge is 0.0920 e. The molecule has 0 amide bonds. The van der Waals surface area contributed by atoms with E-state index in [0.29, 0.717) is 6.10 Å². The van der Waals surface area contributed by atoms with E-state index in [1.54, 1.807) is 6.92 Å². The number of hydrogen-bond donors (Lipinski definition) is 2. The standard InChI is InChI=1S/C10H18O3/c1-9(12,6-11)7-3-4-10(2)8(5-7)13-10/h7-8,11-12H,3-6H2,1-2H3/t7-,8?,9?,10?/m1/s1. The highest BCUT2D eigenvalue weighted by molar-refractivity contribution is 5.06. The van der Waals surface area contributed by atoms with Gasteiger partial charge >= 0.3 is 0 Å². The lowest BCUT2D eigenvalue weighted by molar-refractivity contribution is -0.0569. The van der Waals surface area contributed by atoms with Crippen LogP contribution in [-0.2, 0) is 4.74 Å². The van der Waals surface area contributed by atoms with E-state index in [2.05, 4.69) is 6.92 Å². The van der Waals surface area contributed by atoms with Gasteiger partial charge in [-0.25, -0.2) is 0 Å². The Kier molecular flexibility index (Phi) is 1.95. The van der Waals surface area contributed by atoms with E-state index in [1.807, 2.05) is 0 Å². The fraction of sp³-hybridized carbons (Fsp3) is 1.00. The lowest BCUT2D eigenvalue weighted by atomic mass is 9.75. The van der Waals surface area contributed by atoms with E-state index in [0.717, 1.165) is 19.3 Å². The number of fused-ring (bicyclic) bond motifs is 1. The van der Waals surface area contributed by atoms with Gasteiger partial charge in [-0.15, -0.1) is 0 Å². The van der Waals surface area contributed by atoms with Crippen molar-refractivity contribution in [3.63, 3.8) is 0 Å². The van der Waals surface area contributed by atoms with Crippen LogP contribution in [0.3, 0.4) is 0 Å². The molecule has 1 heterocycles. The van der Waals surface area contributed by atoms with Crippen molar-refractivity contribution in [2.24, 2.45) is 5.92 Å². The van der Waals surface area contributed by atoms with Crippen molar-refractivity contribution in [2.75, 3.05) is 6.61 Å². The van der Waals surface area contributed by atoms with E-state index in [4.69, 9.17) is 9.84 Å². The zero-order chi connectivity index (χ0) is 9.69. The molecule has 1 saturated carbocycles. The molecular weight excluding hydrogens is 168 g/mol. The molecule has 1 aliphatic carbocycles. The van der Waals surface area contributed by atoms with Crippen LogP contribution in [0.1, 0.15) is 33.1 Å². The fourth-order valence-corrected chi connectivity index (χ4v) is 2.34. The van der Waals surface area contributed by atoms with Crippen molar-refractivity contribution >= 4 is 0 Å². The zero-order valence-corrected chi connectivity index (χ0v) is 8.29. The average Bonchev–Trinajstić information content (AvgIpc) is 2.75. The van der Waals surface area contributed by atoms with Crippen LogP contribution in [0.2, 0.25) is 0 Å². The van der Waals surface area contributed by atoms with Gasteiger partial charge in [0.25, 0.3) is 0 Å². The van der Waals surface area contributed by atoms with Gasteiger partial charge in [0.05, 0.1) is 23.9 Å². The Morgan fingerprint density at radius 1 is 1.62 bits per heavy atom. The van der Waals surface area contributed by atoms with Crippen LogP contribution in [0, 0.1) is 5.92 Å². The monoisotopic (exact) mass is 186 g/mol. The minimum absolute atomic E-state index is 0.0992. The molecule has 1 aliphatic heterocycles. The zero-order valence-electron chi connectivity index (χ0n) is 8.29. The quantitative estimate of drug-likeness (QED) is 0.624. The lowest BCUT2D eigenvalue weighted by Gasteiger charge is -2.33. The van der Waals surface area contributed by atoms with Crippen LogP contribution in [-0.4, -0.2) is 34.1 Å². The number of ether oxygens (including phenoxy) is 1. The molecule has 3 nitrogen and oxygen atoms in total. The second-order valence-corrected chi connectivity index (χ2v) is 4.91. The average molecular weight is 186 g/mol. The molecule has 13 heavy (non-hydrogen) atoms. The van der Waals surface area contributed by atoms with E-state index in [-0.39, 0.29) is 18.1 Å². The predicted octanol–water partition coefficient (Wildman–Crippen LogP) is 0.687. The Hall–Kier alpha value is -0.120. The Bertz CT molecular complexity index is 214. The minimum atomic E-state index is -0.923. The Morgan fingerprint density at radius 3 is 2.85 bits per heavy atom. The normalized spacial score (nSPS) is 48.0. The summed E-state index contributed by atoms with van der Waals surface area (Å²) in [5, 5.41) is 18.9. The molecule has 76 valence electrons. The molecule has 0 bridgehead atoms. The second-order valence-electron chi connectivity index (χ2n) is 4.91. The van der Waals surface area contributed by atoms with Gasteiger partial charge < -0.3 is 14.9 Å². The number of epoxide rings is 1. The van der Waals surface area contributed by atoms with E-state index >= 15 is 0 Å². The summed E-state index contributed by atoms with van der Waals surface area (Å²) in [7, 11) is 0. The van der Waals surface area contributed by atoms with Crippen molar-refractivity contribution in [2.45, 2.75) is 50.4 Å². The molecule has 2 rings (SSSR count). The van der Waals surface area contributed by atoms with Crippen molar-refractivity contribution in [3.8, 4) is 0 Å². The van der Waals surface area contributed by atoms with Gasteiger partial charge in [0.1, 0.15) is 0 Å². The highest BCUT2D eigenvalue weighted by Crippen LogP contribution is 2.51. The first-order valence-corrected chi connectivity index (χ1v) is 4.99. The van der Waals surface area contributed by atoms with Crippen molar-refractivity contribution in [3.05, 3.63) is 0 Å². The number of aliphatic hydroxyl groups excluding tert-OH is 1. The van der Waals surface area contributed by atoms with Crippen molar-refractivity contribution in [1.82, 2.24) is 0 Å². The first kappa shape index (κ1) is 9.44. The maximum absolute atomic E-state index is 9.86. The van der Waals surface area contributed by atoms with Crippen LogP contribution in [0.15, 0.2) is 0 Å². The molecule has 2 N–H and O–H groups in total. The van der Waals surface area contributed by atoms with Gasteiger partial charge in [-0.3, -0.25) is 0 Å². The van der Waals surface area contributed by atoms with E-state index in [9.17, 15) is 5.11 Å². The summed E-state index contributed by atoms with van der Waals surface area (Å²) >= 11 is 0. The lowest BCUT2D eigenvalue weighted by Crippen LogP contribution is -2.41. The van der Waals surface area contributed by atoms with Gasteiger partial charge in [0, 0.05) is 0 Å². The molecule has 0 aromatic rings. The first-order valence-electron chi connectivity index (χ1n) is 4.99. The molecule has 3 heteroatoms. The SMILES string of the molecule is CC12CC[C@@H](C(C)(O)CO)CC1O2. The molecule has 0 radical (unpaired) electrons. The maximum atomic E-state index is 9.86. The van der Waals surface area contributed by atoms with Crippen molar-refractivity contribution < 1.29 is 14.9 Å². The Morgan fingerprint density at radius 2 is 2.31 bits per heavy atom. The predicted molar refractivity (Wildman–Crippen MR) is 48.3 cm³/mol. The highest BCUT2D eigenvalue weighted by Gasteiger charge is 2.57. The van der Waals surface area contributed by atoms with Crippen LogP contribution >= 0.6 is 0 Å². The number of aliphatic hydroxyl groups is 2. The van der Waals surface area contributed by atoms with Gasteiger partial charge in [-0.05, 0) is 39.0 Å². The molecule has 2 fully saturated rings. The molecular formula is C10H18O3. The Balaban J connectivity index is 1.97.